The van der Waals surface area contributed by atoms with Crippen LogP contribution in [0.15, 0.2) is 64.6 Å². The number of hydrogen-bond acceptors (Lipinski definition) is 21. The van der Waals surface area contributed by atoms with E-state index >= 15 is 0 Å². The molecule has 2 aliphatic heterocycles. The van der Waals surface area contributed by atoms with Gasteiger partial charge in [-0.3, -0.25) is 77.3 Å². The second-order valence-electron chi connectivity index (χ2n) is 34.7. The first-order chi connectivity index (χ1) is 58.9. The number of ketones is 4. The number of aliphatic hydroxyl groups excluding tert-OH is 1. The summed E-state index contributed by atoms with van der Waals surface area (Å²) < 4.78 is 11.9. The number of benzene rings is 2. The molecule has 35 nitrogen and oxygen atoms in total. The average molecular weight is 1770 g/mol. The molecule has 36 heteroatoms. The highest BCUT2D eigenvalue weighted by Gasteiger charge is 2.45. The summed E-state index contributed by atoms with van der Waals surface area (Å²) in [5.74, 6) is -11.3. The first-order valence-corrected chi connectivity index (χ1v) is 45.0. The van der Waals surface area contributed by atoms with Gasteiger partial charge in [0.1, 0.15) is 30.3 Å². The van der Waals surface area contributed by atoms with E-state index in [1.807, 2.05) is 69.9 Å². The number of guanidine groups is 2. The molecule has 2 aromatic rings. The van der Waals surface area contributed by atoms with Gasteiger partial charge in [0.2, 0.25) is 53.2 Å². The maximum Gasteiger partial charge on any atom is 0.410 e. The van der Waals surface area contributed by atoms with Crippen LogP contribution < -0.4 is 61.0 Å². The van der Waals surface area contributed by atoms with E-state index in [1.165, 1.54) is 26.0 Å². The number of likely N-dealkylation sites (tertiary alicyclic amines) is 2. The number of rotatable bonds is 58. The van der Waals surface area contributed by atoms with E-state index in [-0.39, 0.29) is 168 Å². The number of hydrogen-bond donors (Lipinski definition) is 12. The number of carbonyl (C=O) groups is 15. The molecule has 16 atom stereocenters. The van der Waals surface area contributed by atoms with Crippen molar-refractivity contribution in [3.05, 3.63) is 65.7 Å². The van der Waals surface area contributed by atoms with E-state index < -0.39 is 161 Å². The minimum Gasteiger partial charge on any atom is -0.445 e. The van der Waals surface area contributed by atoms with Gasteiger partial charge in [-0.05, 0) is 130 Å². The topological polar surface area (TPSA) is 549 Å². The number of amides is 12. The van der Waals surface area contributed by atoms with Crippen molar-refractivity contribution < 1.29 is 86.5 Å². The number of imide groups is 1. The van der Waals surface area contributed by atoms with Gasteiger partial charge in [0.25, 0.3) is 0 Å². The quantitative estimate of drug-likeness (QED) is 0.0155. The largest absolute Gasteiger partial charge is 0.445 e. The standard InChI is InChI=1S/C89H143N17O18S/c1-16-54(8)78(70(123-15)47-73(112)105-42-26-32-66(105)57(11)58(12)67(108)43-55(9)79(114)60-27-19-17-20-28-60)103(13)85(120)76(52(4)5)102-83(118)77(53(6)7)104(14)89(122)124-49-59-34-36-64(37-35-59)99-81(116)62(30-24-40-98-88(95)121)45-69(110)75(51(2)3)101-72(111)33-21-18-22-41-106-74(113)48-71(84(106)119)125-50-63(80(90)115)46-68(109)65(31-25-39-97-87(93)94)100-82(117)61(44-56(10)107)29-23-38-96-86(91)92/h17,19-20,27-28,34-37,51-55,57-58,61-63,65-66,70-71,75-79,114H,16,18,21-26,29-33,38-50H2,1-15H3,(H2,90,115)(H,99,116)(H,100,117)(H,101,111)(H,102,118)(H4,91,92,96)(H4,93,94,97)(H3,95,98,121)/t54-,55-,57+,58+,61-,62+,63+,65+,66-,70+,71?,75-,76-,77-,78?,79+/m0/s1. The summed E-state index contributed by atoms with van der Waals surface area (Å²) in [6.07, 6.45) is 1.22. The van der Waals surface area contributed by atoms with E-state index in [0.717, 1.165) is 35.1 Å². The summed E-state index contributed by atoms with van der Waals surface area (Å²) in [5, 5.41) is 24.0. The fourth-order valence-electron chi connectivity index (χ4n) is 16.1. The van der Waals surface area contributed by atoms with Crippen LogP contribution in [0.2, 0.25) is 0 Å². The van der Waals surface area contributed by atoms with E-state index in [1.54, 1.807) is 77.8 Å². The molecule has 2 heterocycles. The Labute approximate surface area is 741 Å². The number of carbonyl (C=O) groups excluding carboxylic acids is 15. The number of nitrogens with two attached hydrogens (primary N) is 6. The fourth-order valence-corrected chi connectivity index (χ4v) is 17.4. The van der Waals surface area contributed by atoms with Crippen molar-refractivity contribution in [3.8, 4) is 0 Å². The summed E-state index contributed by atoms with van der Waals surface area (Å²) in [6.45, 7) is 22.4. The number of Topliss-reactive ketones (excluding diaryl/α,β-unsaturated/α-hetero) is 4. The van der Waals surface area contributed by atoms with Gasteiger partial charge >= 0.3 is 12.1 Å². The molecule has 2 saturated heterocycles. The number of nitrogens with zero attached hydrogens (tertiary/aromatic N) is 6. The zero-order valence-electron chi connectivity index (χ0n) is 76.0. The molecule has 0 radical (unpaired) electrons. The highest BCUT2D eigenvalue weighted by atomic mass is 32.2. The van der Waals surface area contributed by atoms with Crippen molar-refractivity contribution >= 4 is 118 Å². The van der Waals surface area contributed by atoms with E-state index in [9.17, 15) is 77.0 Å². The molecule has 2 fully saturated rings. The van der Waals surface area contributed by atoms with Crippen LogP contribution in [-0.4, -0.2) is 232 Å². The van der Waals surface area contributed by atoms with Crippen LogP contribution in [0.5, 0.6) is 0 Å². The molecule has 125 heavy (non-hydrogen) atoms. The number of primary amides is 2. The van der Waals surface area contributed by atoms with Crippen LogP contribution in [0.25, 0.3) is 0 Å². The highest BCUT2D eigenvalue weighted by Crippen LogP contribution is 2.35. The normalized spacial score (nSPS) is 17.3. The molecule has 0 aliphatic carbocycles. The summed E-state index contributed by atoms with van der Waals surface area (Å²) in [5.41, 5.74) is 34.5. The SMILES string of the molecule is CC[C@H](C)C([C@@H](CC(=O)N1CCC[C@H]1[C@H](C)[C@@H](C)C(=O)C[C@H](C)[C@@H](O)c1ccccc1)OC)N(C)C(=O)[C@@H](NC(=O)[C@H](C(C)C)N(C)C(=O)OCc1ccc(NC(=O)[C@H](CCCNC(N)=O)CC(=O)[C@@H](NC(=O)CCCCCN2C(=O)CC(SC[C@@H](CC(=O)[C@@H](CCCN=C(N)N)NC(=O)[C@@H](CCCN=C(N)N)CC(C)=O)C(N)=O)C2=O)C(C)C)cc1)C(C)C. The maximum atomic E-state index is 14.9. The van der Waals surface area contributed by atoms with Crippen molar-refractivity contribution in [2.24, 2.45) is 104 Å². The van der Waals surface area contributed by atoms with Crippen LogP contribution in [-0.2, 0) is 78.4 Å². The van der Waals surface area contributed by atoms with Gasteiger partial charge in [-0.2, -0.15) is 0 Å². The molecule has 0 saturated carbocycles. The molecule has 2 unspecified atom stereocenters. The number of aliphatic imine (C=N–C) groups is 2. The van der Waals surface area contributed by atoms with Crippen LogP contribution in [0, 0.1) is 59.2 Å². The number of unbranched alkanes of at least 4 members (excludes halogenated alkanes) is 2. The molecule has 2 aromatic carbocycles. The molecular formula is C89H143N17O18S. The van der Waals surface area contributed by atoms with Gasteiger partial charge < -0.3 is 90.2 Å². The summed E-state index contributed by atoms with van der Waals surface area (Å²) in [6, 6.07) is 9.76. The van der Waals surface area contributed by atoms with Crippen molar-refractivity contribution in [1.82, 2.24) is 40.9 Å². The van der Waals surface area contributed by atoms with Gasteiger partial charge in [0.15, 0.2) is 23.5 Å². The number of likely N-dealkylation sites (N-methyl/N-ethyl adjacent to an activating group) is 2. The van der Waals surface area contributed by atoms with Crippen molar-refractivity contribution in [2.75, 3.05) is 65.0 Å². The number of urea groups is 1. The van der Waals surface area contributed by atoms with Gasteiger partial charge in [-0.25, -0.2) is 9.59 Å². The van der Waals surface area contributed by atoms with Crippen molar-refractivity contribution in [2.45, 2.75) is 265 Å². The molecule has 0 spiro atoms. The Balaban J connectivity index is 1.33. The number of ether oxygens (including phenoxy) is 2. The van der Waals surface area contributed by atoms with Crippen LogP contribution >= 0.6 is 11.8 Å². The second kappa shape index (κ2) is 54.0. The number of anilines is 1. The van der Waals surface area contributed by atoms with E-state index in [0.29, 0.717) is 49.9 Å². The van der Waals surface area contributed by atoms with Crippen molar-refractivity contribution in [1.29, 1.82) is 0 Å². The van der Waals surface area contributed by atoms with Crippen LogP contribution in [0.3, 0.4) is 0 Å². The lowest BCUT2D eigenvalue weighted by Crippen LogP contribution is -2.60. The van der Waals surface area contributed by atoms with E-state index in [2.05, 4.69) is 36.6 Å². The number of methoxy groups -OCH3 is 1. The first kappa shape index (κ1) is 107. The number of thioether (sulfide) groups is 1. The molecule has 0 bridgehead atoms. The minimum atomic E-state index is -1.12. The number of nitrogens with one attached hydrogen (secondary N) is 5. The lowest BCUT2D eigenvalue weighted by atomic mass is 9.81. The average Bonchev–Trinajstić information content (AvgIpc) is 1.51. The molecule has 4 rings (SSSR count). The lowest BCUT2D eigenvalue weighted by molar-refractivity contribution is -0.146. The van der Waals surface area contributed by atoms with Gasteiger partial charge in [0.05, 0.1) is 47.9 Å². The Kier molecular flexibility index (Phi) is 46.4. The predicted octanol–water partition coefficient (Wildman–Crippen LogP) is 6.06. The monoisotopic (exact) mass is 1770 g/mol. The summed E-state index contributed by atoms with van der Waals surface area (Å²) in [7, 11) is 4.59. The first-order valence-electron chi connectivity index (χ1n) is 43.9. The molecule has 18 N–H and O–H groups in total. The zero-order valence-corrected chi connectivity index (χ0v) is 76.8. The highest BCUT2D eigenvalue weighted by molar-refractivity contribution is 8.00. The Morgan fingerprint density at radius 3 is 1.82 bits per heavy atom. The molecular weight excluding hydrogens is 1630 g/mol. The summed E-state index contributed by atoms with van der Waals surface area (Å²) >= 11 is 1.01. The lowest BCUT2D eigenvalue weighted by Gasteiger charge is -2.41. The second-order valence-corrected chi connectivity index (χ2v) is 35.9. The molecule has 2 aliphatic rings. The van der Waals surface area contributed by atoms with Gasteiger partial charge in [-0.15, -0.1) is 11.8 Å². The Morgan fingerprint density at radius 1 is 0.640 bits per heavy atom. The molecule has 698 valence electrons. The number of aliphatic hydroxyl groups is 1. The van der Waals surface area contributed by atoms with E-state index in [4.69, 9.17) is 43.9 Å². The van der Waals surface area contributed by atoms with Crippen LogP contribution in [0.1, 0.15) is 222 Å². The van der Waals surface area contributed by atoms with Gasteiger partial charge in [0, 0.05) is 128 Å². The fraction of sp³-hybridized carbons (Fsp3) is 0.674. The smallest absolute Gasteiger partial charge is 0.410 e. The van der Waals surface area contributed by atoms with Crippen molar-refractivity contribution in [3.63, 3.8) is 0 Å². The Morgan fingerprint density at radius 2 is 1.25 bits per heavy atom. The zero-order chi connectivity index (χ0) is 93.6. The third-order valence-corrected chi connectivity index (χ3v) is 25.2. The summed E-state index contributed by atoms with van der Waals surface area (Å²) in [4.78, 5) is 218. The minimum absolute atomic E-state index is 0.0144. The Bertz CT molecular complexity index is 3980. The molecule has 12 amide bonds. The molecule has 0 aromatic heterocycles. The predicted molar refractivity (Wildman–Crippen MR) is 479 cm³/mol. The maximum absolute atomic E-state index is 14.9. The van der Waals surface area contributed by atoms with Crippen LogP contribution in [0.4, 0.5) is 15.3 Å². The third-order valence-electron chi connectivity index (χ3n) is 23.8. The Hall–Kier alpha value is -10.1. The third kappa shape index (κ3) is 35.3. The van der Waals surface area contributed by atoms with Gasteiger partial charge in [-0.1, -0.05) is 131 Å².